The minimum absolute atomic E-state index is 0.177. The molecule has 0 saturated heterocycles. The van der Waals surface area contributed by atoms with Crippen molar-refractivity contribution in [2.75, 3.05) is 13.2 Å². The molecule has 0 bridgehead atoms. The lowest BCUT2D eigenvalue weighted by Gasteiger charge is -2.06. The maximum absolute atomic E-state index is 11.7. The topological polar surface area (TPSA) is 77.0 Å². The number of aryl methyl sites for hydroxylation is 1. The fraction of sp³-hybridized carbons (Fsp3) is 0.211. The number of benzene rings is 2. The normalized spacial score (nSPS) is 10.5. The lowest BCUT2D eigenvalue weighted by atomic mass is 10.2. The molecule has 0 aliphatic rings. The monoisotopic (exact) mass is 340 g/mol. The zero-order valence-corrected chi connectivity index (χ0v) is 14.2. The van der Waals surface area contributed by atoms with Gasteiger partial charge in [-0.3, -0.25) is 4.79 Å². The van der Waals surface area contributed by atoms with E-state index in [0.29, 0.717) is 17.9 Å². The summed E-state index contributed by atoms with van der Waals surface area (Å²) in [4.78, 5) is 23.2. The molecule has 2 rings (SSSR count). The van der Waals surface area contributed by atoms with E-state index in [9.17, 15) is 9.59 Å². The molecule has 0 atom stereocenters. The highest BCUT2D eigenvalue weighted by atomic mass is 16.5. The average molecular weight is 340 g/mol. The zero-order valence-electron chi connectivity index (χ0n) is 14.2. The zero-order chi connectivity index (χ0) is 18.1. The van der Waals surface area contributed by atoms with Crippen molar-refractivity contribution < 1.29 is 19.1 Å². The number of carbonyl (C=O) groups is 2. The number of hydrazone groups is 1. The van der Waals surface area contributed by atoms with Gasteiger partial charge in [0.15, 0.2) is 6.61 Å². The van der Waals surface area contributed by atoms with Gasteiger partial charge in [-0.2, -0.15) is 5.10 Å². The summed E-state index contributed by atoms with van der Waals surface area (Å²) in [5, 5.41) is 3.88. The molecule has 0 unspecified atom stereocenters. The van der Waals surface area contributed by atoms with Crippen LogP contribution < -0.4 is 10.2 Å². The van der Waals surface area contributed by atoms with Crippen molar-refractivity contribution in [1.82, 2.24) is 5.43 Å². The van der Waals surface area contributed by atoms with Crippen molar-refractivity contribution in [1.29, 1.82) is 0 Å². The highest BCUT2D eigenvalue weighted by Crippen LogP contribution is 2.12. The van der Waals surface area contributed by atoms with E-state index in [1.807, 2.05) is 31.2 Å². The third-order valence-corrected chi connectivity index (χ3v) is 3.22. The Kier molecular flexibility index (Phi) is 6.71. The van der Waals surface area contributed by atoms with E-state index in [-0.39, 0.29) is 12.5 Å². The molecule has 6 nitrogen and oxygen atoms in total. The summed E-state index contributed by atoms with van der Waals surface area (Å²) >= 11 is 0. The molecule has 0 heterocycles. The van der Waals surface area contributed by atoms with E-state index in [1.54, 1.807) is 37.4 Å². The van der Waals surface area contributed by atoms with E-state index in [1.165, 1.54) is 0 Å². The Morgan fingerprint density at radius 3 is 2.40 bits per heavy atom. The standard InChI is InChI=1S/C19H20N2O4/c1-3-24-19(23)16-8-10-17(11-9-16)25-13-18(22)21-20-12-15-6-4-14(2)5-7-15/h4-12H,3,13H2,1-2H3,(H,21,22). The smallest absolute Gasteiger partial charge is 0.338 e. The molecule has 25 heavy (non-hydrogen) atoms. The summed E-state index contributed by atoms with van der Waals surface area (Å²) < 4.78 is 10.2. The summed E-state index contributed by atoms with van der Waals surface area (Å²) in [6.07, 6.45) is 1.56. The highest BCUT2D eigenvalue weighted by Gasteiger charge is 2.07. The molecule has 0 aliphatic heterocycles. The van der Waals surface area contributed by atoms with Crippen molar-refractivity contribution in [2.45, 2.75) is 13.8 Å². The Balaban J connectivity index is 1.77. The maximum Gasteiger partial charge on any atom is 0.338 e. The minimum Gasteiger partial charge on any atom is -0.484 e. The third-order valence-electron chi connectivity index (χ3n) is 3.22. The van der Waals surface area contributed by atoms with E-state index in [4.69, 9.17) is 9.47 Å². The molecule has 6 heteroatoms. The number of hydrogen-bond donors (Lipinski definition) is 1. The van der Waals surface area contributed by atoms with Crippen LogP contribution in [0.4, 0.5) is 0 Å². The number of nitrogens with zero attached hydrogens (tertiary/aromatic N) is 1. The molecule has 0 radical (unpaired) electrons. The van der Waals surface area contributed by atoms with Crippen LogP contribution in [-0.2, 0) is 9.53 Å². The van der Waals surface area contributed by atoms with Crippen LogP contribution in [0, 0.1) is 6.92 Å². The molecule has 1 amide bonds. The first-order valence-electron chi connectivity index (χ1n) is 7.87. The van der Waals surface area contributed by atoms with Crippen molar-refractivity contribution >= 4 is 18.1 Å². The SMILES string of the molecule is CCOC(=O)c1ccc(OCC(=O)NN=Cc2ccc(C)cc2)cc1. The molecule has 2 aromatic carbocycles. The Hall–Kier alpha value is -3.15. The van der Waals surface area contributed by atoms with Crippen LogP contribution >= 0.6 is 0 Å². The number of carbonyl (C=O) groups excluding carboxylic acids is 2. The van der Waals surface area contributed by atoms with Gasteiger partial charge in [-0.1, -0.05) is 29.8 Å². The second-order valence-corrected chi connectivity index (χ2v) is 5.24. The molecule has 1 N–H and O–H groups in total. The lowest BCUT2D eigenvalue weighted by Crippen LogP contribution is -2.24. The average Bonchev–Trinajstić information content (AvgIpc) is 2.62. The Morgan fingerprint density at radius 2 is 1.76 bits per heavy atom. The predicted octanol–water partition coefficient (Wildman–Crippen LogP) is 2.70. The molecule has 2 aromatic rings. The molecular formula is C19H20N2O4. The van der Waals surface area contributed by atoms with Gasteiger partial charge in [-0.15, -0.1) is 0 Å². The van der Waals surface area contributed by atoms with Gasteiger partial charge >= 0.3 is 5.97 Å². The second kappa shape index (κ2) is 9.22. The van der Waals surface area contributed by atoms with Crippen LogP contribution in [0.15, 0.2) is 53.6 Å². The summed E-state index contributed by atoms with van der Waals surface area (Å²) in [7, 11) is 0. The second-order valence-electron chi connectivity index (χ2n) is 5.24. The fourth-order valence-electron chi connectivity index (χ4n) is 1.91. The van der Waals surface area contributed by atoms with Gasteiger partial charge < -0.3 is 9.47 Å². The van der Waals surface area contributed by atoms with E-state index in [0.717, 1.165) is 11.1 Å². The van der Waals surface area contributed by atoms with Crippen LogP contribution in [-0.4, -0.2) is 31.3 Å². The predicted molar refractivity (Wildman–Crippen MR) is 94.8 cm³/mol. The maximum atomic E-state index is 11.7. The number of amides is 1. The first kappa shape index (κ1) is 18.2. The van der Waals surface area contributed by atoms with Gasteiger partial charge in [0.25, 0.3) is 5.91 Å². The number of ether oxygens (including phenoxy) is 2. The first-order valence-corrected chi connectivity index (χ1v) is 7.87. The summed E-state index contributed by atoms with van der Waals surface area (Å²) in [6.45, 7) is 3.89. The van der Waals surface area contributed by atoms with Gasteiger partial charge in [-0.05, 0) is 43.7 Å². The van der Waals surface area contributed by atoms with Gasteiger partial charge in [0, 0.05) is 0 Å². The molecule has 0 spiro atoms. The quantitative estimate of drug-likeness (QED) is 0.478. The van der Waals surface area contributed by atoms with Crippen molar-refractivity contribution in [3.8, 4) is 5.75 Å². The van der Waals surface area contributed by atoms with Gasteiger partial charge in [0.05, 0.1) is 18.4 Å². The number of rotatable bonds is 7. The summed E-state index contributed by atoms with van der Waals surface area (Å²) in [6, 6.07) is 14.1. The van der Waals surface area contributed by atoms with Crippen LogP contribution in [0.3, 0.4) is 0 Å². The van der Waals surface area contributed by atoms with Crippen LogP contribution in [0.25, 0.3) is 0 Å². The first-order chi connectivity index (χ1) is 12.1. The molecule has 130 valence electrons. The Labute approximate surface area is 146 Å². The lowest BCUT2D eigenvalue weighted by molar-refractivity contribution is -0.123. The molecule has 0 aliphatic carbocycles. The van der Waals surface area contributed by atoms with Gasteiger partial charge in [0.2, 0.25) is 0 Å². The van der Waals surface area contributed by atoms with Crippen molar-refractivity contribution in [3.63, 3.8) is 0 Å². The van der Waals surface area contributed by atoms with E-state index >= 15 is 0 Å². The van der Waals surface area contributed by atoms with Gasteiger partial charge in [-0.25, -0.2) is 10.2 Å². The van der Waals surface area contributed by atoms with Gasteiger partial charge in [0.1, 0.15) is 5.75 Å². The van der Waals surface area contributed by atoms with Crippen LogP contribution in [0.2, 0.25) is 0 Å². The molecule has 0 aromatic heterocycles. The highest BCUT2D eigenvalue weighted by molar-refractivity contribution is 5.89. The third kappa shape index (κ3) is 6.10. The summed E-state index contributed by atoms with van der Waals surface area (Å²) in [5.41, 5.74) is 4.87. The Bertz CT molecular complexity index is 737. The van der Waals surface area contributed by atoms with Crippen LogP contribution in [0.5, 0.6) is 5.75 Å². The van der Waals surface area contributed by atoms with Crippen molar-refractivity contribution in [3.05, 3.63) is 65.2 Å². The Morgan fingerprint density at radius 1 is 1.08 bits per heavy atom. The molecular weight excluding hydrogens is 320 g/mol. The summed E-state index contributed by atoms with van der Waals surface area (Å²) in [5.74, 6) is -0.291. The van der Waals surface area contributed by atoms with E-state index in [2.05, 4.69) is 10.5 Å². The number of hydrogen-bond acceptors (Lipinski definition) is 5. The van der Waals surface area contributed by atoms with Crippen LogP contribution in [0.1, 0.15) is 28.4 Å². The number of nitrogens with one attached hydrogen (secondary N) is 1. The fourth-order valence-corrected chi connectivity index (χ4v) is 1.91. The minimum atomic E-state index is -0.391. The van der Waals surface area contributed by atoms with E-state index < -0.39 is 5.97 Å². The molecule has 0 saturated carbocycles. The number of esters is 1. The molecule has 0 fully saturated rings. The largest absolute Gasteiger partial charge is 0.484 e. The van der Waals surface area contributed by atoms with Crippen molar-refractivity contribution in [2.24, 2.45) is 5.10 Å².